The average Bonchev–Trinajstić information content (AvgIpc) is 3.00. The fourth-order valence-corrected chi connectivity index (χ4v) is 2.28. The number of nitrogens with one attached hydrogen (secondary N) is 1. The molecule has 1 N–H and O–H groups in total. The lowest BCUT2D eigenvalue weighted by Crippen LogP contribution is -2.03. The van der Waals surface area contributed by atoms with Crippen LogP contribution in [0.4, 0.5) is 4.39 Å². The van der Waals surface area contributed by atoms with Crippen molar-refractivity contribution in [3.8, 4) is 17.2 Å². The summed E-state index contributed by atoms with van der Waals surface area (Å²) in [7, 11) is 0. The van der Waals surface area contributed by atoms with Crippen LogP contribution in [-0.2, 0) is 0 Å². The Bertz CT molecular complexity index is 858. The highest BCUT2D eigenvalue weighted by Gasteiger charge is 2.18. The van der Waals surface area contributed by atoms with E-state index in [2.05, 4.69) is 4.98 Å². The molecule has 3 rings (SSSR count). The Morgan fingerprint density at radius 3 is 2.36 bits per heavy atom. The van der Waals surface area contributed by atoms with Crippen LogP contribution < -0.4 is 0 Å². The van der Waals surface area contributed by atoms with Crippen LogP contribution in [0.2, 0.25) is 0 Å². The quantitative estimate of drug-likeness (QED) is 0.743. The highest BCUT2D eigenvalue weighted by atomic mass is 19.1. The van der Waals surface area contributed by atoms with E-state index in [9.17, 15) is 9.18 Å². The zero-order valence-corrected chi connectivity index (χ0v) is 11.5. The third-order valence-corrected chi connectivity index (χ3v) is 3.36. The standard InChI is InChI=1S/C18H11FN2O/c19-14-8-6-12(7-9-14)16-10-15(11-20)21-17(16)18(22)13-4-2-1-3-5-13/h1-10,21H. The van der Waals surface area contributed by atoms with Crippen molar-refractivity contribution < 1.29 is 9.18 Å². The van der Waals surface area contributed by atoms with Crippen molar-refractivity contribution in [2.24, 2.45) is 0 Å². The fourth-order valence-electron chi connectivity index (χ4n) is 2.28. The van der Waals surface area contributed by atoms with Crippen LogP contribution >= 0.6 is 0 Å². The van der Waals surface area contributed by atoms with Crippen LogP contribution in [0.1, 0.15) is 21.7 Å². The van der Waals surface area contributed by atoms with Crippen LogP contribution in [0.15, 0.2) is 60.7 Å². The molecule has 1 heterocycles. The number of nitrogens with zero attached hydrogens (tertiary/aromatic N) is 1. The highest BCUT2D eigenvalue weighted by Crippen LogP contribution is 2.27. The van der Waals surface area contributed by atoms with Gasteiger partial charge in [0.1, 0.15) is 17.6 Å². The summed E-state index contributed by atoms with van der Waals surface area (Å²) in [6.45, 7) is 0. The summed E-state index contributed by atoms with van der Waals surface area (Å²) in [4.78, 5) is 15.5. The van der Waals surface area contributed by atoms with E-state index in [1.165, 1.54) is 12.1 Å². The van der Waals surface area contributed by atoms with Gasteiger partial charge in [0, 0.05) is 11.1 Å². The number of benzene rings is 2. The second kappa shape index (κ2) is 5.66. The summed E-state index contributed by atoms with van der Waals surface area (Å²) in [6, 6.07) is 18.2. The number of ketones is 1. The second-order valence-electron chi connectivity index (χ2n) is 4.79. The van der Waals surface area contributed by atoms with Crippen molar-refractivity contribution in [3.63, 3.8) is 0 Å². The van der Waals surface area contributed by atoms with Gasteiger partial charge >= 0.3 is 0 Å². The molecule has 0 aliphatic rings. The molecule has 1 aromatic heterocycles. The molecule has 0 bridgehead atoms. The van der Waals surface area contributed by atoms with E-state index >= 15 is 0 Å². The smallest absolute Gasteiger partial charge is 0.209 e. The Morgan fingerprint density at radius 2 is 1.73 bits per heavy atom. The molecule has 0 atom stereocenters. The lowest BCUT2D eigenvalue weighted by Gasteiger charge is -2.04. The predicted molar refractivity (Wildman–Crippen MR) is 80.8 cm³/mol. The van der Waals surface area contributed by atoms with Gasteiger partial charge in [-0.15, -0.1) is 0 Å². The number of H-pyrrole nitrogens is 1. The minimum absolute atomic E-state index is 0.207. The van der Waals surface area contributed by atoms with Crippen molar-refractivity contribution in [1.82, 2.24) is 4.98 Å². The predicted octanol–water partition coefficient (Wildman–Crippen LogP) is 3.92. The number of hydrogen-bond donors (Lipinski definition) is 1. The van der Waals surface area contributed by atoms with E-state index in [0.29, 0.717) is 28.1 Å². The summed E-state index contributed by atoms with van der Waals surface area (Å²) >= 11 is 0. The summed E-state index contributed by atoms with van der Waals surface area (Å²) in [6.07, 6.45) is 0. The minimum Gasteiger partial charge on any atom is -0.343 e. The van der Waals surface area contributed by atoms with Gasteiger partial charge in [0.15, 0.2) is 0 Å². The van der Waals surface area contributed by atoms with E-state index in [1.54, 1.807) is 42.5 Å². The molecule has 0 spiro atoms. The zero-order valence-electron chi connectivity index (χ0n) is 11.5. The van der Waals surface area contributed by atoms with Gasteiger partial charge in [0.05, 0.1) is 5.69 Å². The van der Waals surface area contributed by atoms with Crippen LogP contribution in [0.5, 0.6) is 0 Å². The number of rotatable bonds is 3. The molecule has 0 radical (unpaired) electrons. The molecule has 0 unspecified atom stereocenters. The minimum atomic E-state index is -0.351. The van der Waals surface area contributed by atoms with Crippen molar-refractivity contribution in [3.05, 3.63) is 83.4 Å². The van der Waals surface area contributed by atoms with Crippen LogP contribution in [0, 0.1) is 17.1 Å². The number of aromatic amines is 1. The molecule has 3 nitrogen and oxygen atoms in total. The SMILES string of the molecule is N#Cc1cc(-c2ccc(F)cc2)c(C(=O)c2ccccc2)[nH]1. The molecule has 2 aromatic carbocycles. The van der Waals surface area contributed by atoms with Gasteiger partial charge in [0.25, 0.3) is 0 Å². The molecule has 3 aromatic rings. The Labute approximate surface area is 126 Å². The first kappa shape index (κ1) is 13.8. The summed E-state index contributed by atoms with van der Waals surface area (Å²) in [5.41, 5.74) is 2.41. The Hall–Kier alpha value is -3.19. The van der Waals surface area contributed by atoms with E-state index in [0.717, 1.165) is 0 Å². The molecule has 4 heteroatoms. The fraction of sp³-hybridized carbons (Fsp3) is 0. The van der Waals surface area contributed by atoms with Gasteiger partial charge in [-0.05, 0) is 23.8 Å². The lowest BCUT2D eigenvalue weighted by atomic mass is 10.0. The Kier molecular flexibility index (Phi) is 3.55. The van der Waals surface area contributed by atoms with Crippen LogP contribution in [-0.4, -0.2) is 10.8 Å². The normalized spacial score (nSPS) is 10.2. The zero-order chi connectivity index (χ0) is 15.5. The van der Waals surface area contributed by atoms with Crippen LogP contribution in [0.3, 0.4) is 0 Å². The molecule has 0 aliphatic carbocycles. The van der Waals surface area contributed by atoms with Gasteiger partial charge in [-0.2, -0.15) is 5.26 Å². The largest absolute Gasteiger partial charge is 0.343 e. The Balaban J connectivity index is 2.12. The van der Waals surface area contributed by atoms with Crippen molar-refractivity contribution in [2.75, 3.05) is 0 Å². The molecule has 0 saturated heterocycles. The van der Waals surface area contributed by atoms with E-state index < -0.39 is 0 Å². The first-order valence-corrected chi connectivity index (χ1v) is 6.68. The monoisotopic (exact) mass is 290 g/mol. The van der Waals surface area contributed by atoms with Crippen LogP contribution in [0.25, 0.3) is 11.1 Å². The van der Waals surface area contributed by atoms with E-state index in [1.807, 2.05) is 12.1 Å². The molecule has 22 heavy (non-hydrogen) atoms. The molecule has 0 aliphatic heterocycles. The number of nitriles is 1. The molecular formula is C18H11FN2O. The van der Waals surface area contributed by atoms with Gasteiger partial charge in [-0.25, -0.2) is 4.39 Å². The van der Waals surface area contributed by atoms with Crippen molar-refractivity contribution >= 4 is 5.78 Å². The lowest BCUT2D eigenvalue weighted by molar-refractivity contribution is 0.103. The third-order valence-electron chi connectivity index (χ3n) is 3.36. The number of aromatic nitrogens is 1. The average molecular weight is 290 g/mol. The molecule has 0 fully saturated rings. The van der Waals surface area contributed by atoms with Gasteiger partial charge in [-0.1, -0.05) is 42.5 Å². The summed E-state index contributed by atoms with van der Waals surface area (Å²) in [5.74, 6) is -0.558. The second-order valence-corrected chi connectivity index (χ2v) is 4.79. The maximum absolute atomic E-state index is 13.1. The maximum Gasteiger partial charge on any atom is 0.209 e. The van der Waals surface area contributed by atoms with Gasteiger partial charge in [-0.3, -0.25) is 4.79 Å². The topological polar surface area (TPSA) is 56.6 Å². The number of hydrogen-bond acceptors (Lipinski definition) is 2. The van der Waals surface area contributed by atoms with Gasteiger partial charge < -0.3 is 4.98 Å². The summed E-state index contributed by atoms with van der Waals surface area (Å²) < 4.78 is 13.1. The first-order chi connectivity index (χ1) is 10.7. The van der Waals surface area contributed by atoms with E-state index in [4.69, 9.17) is 5.26 Å². The summed E-state index contributed by atoms with van der Waals surface area (Å²) in [5, 5.41) is 9.07. The van der Waals surface area contributed by atoms with Crippen molar-refractivity contribution in [1.29, 1.82) is 5.26 Å². The first-order valence-electron chi connectivity index (χ1n) is 6.68. The van der Waals surface area contributed by atoms with Gasteiger partial charge in [0.2, 0.25) is 5.78 Å². The number of carbonyl (C=O) groups excluding carboxylic acids is 1. The van der Waals surface area contributed by atoms with E-state index in [-0.39, 0.29) is 11.6 Å². The molecule has 0 amide bonds. The number of carbonyl (C=O) groups is 1. The molecular weight excluding hydrogens is 279 g/mol. The van der Waals surface area contributed by atoms with Crippen molar-refractivity contribution in [2.45, 2.75) is 0 Å². The number of halogens is 1. The Morgan fingerprint density at radius 1 is 1.05 bits per heavy atom. The molecule has 106 valence electrons. The third kappa shape index (κ3) is 2.52. The molecule has 0 saturated carbocycles. The highest BCUT2D eigenvalue weighted by molar-refractivity contribution is 6.11. The maximum atomic E-state index is 13.1.